The molecular formula is C14H22O5. The second-order valence-corrected chi connectivity index (χ2v) is 4.48. The lowest BCUT2D eigenvalue weighted by molar-refractivity contribution is 0.0699. The van der Waals surface area contributed by atoms with Crippen molar-refractivity contribution in [2.75, 3.05) is 27.9 Å². The lowest BCUT2D eigenvalue weighted by atomic mass is 10.1. The molecule has 1 rings (SSSR count). The third-order valence-corrected chi connectivity index (χ3v) is 2.83. The molecule has 0 saturated carbocycles. The first-order valence-electron chi connectivity index (χ1n) is 6.14. The Kier molecular flexibility index (Phi) is 5.76. The SMILES string of the molecule is COc1cc(OCC(O)C(C)C)cc(OC)c1OC. The molecule has 0 radical (unpaired) electrons. The maximum absolute atomic E-state index is 9.73. The van der Waals surface area contributed by atoms with E-state index in [2.05, 4.69) is 0 Å². The quantitative estimate of drug-likeness (QED) is 0.822. The third-order valence-electron chi connectivity index (χ3n) is 2.83. The van der Waals surface area contributed by atoms with E-state index in [-0.39, 0.29) is 12.5 Å². The molecule has 0 spiro atoms. The smallest absolute Gasteiger partial charge is 0.203 e. The molecule has 0 aromatic heterocycles. The zero-order chi connectivity index (χ0) is 14.4. The van der Waals surface area contributed by atoms with Gasteiger partial charge in [0.2, 0.25) is 5.75 Å². The second kappa shape index (κ2) is 7.09. The molecule has 0 aliphatic rings. The zero-order valence-electron chi connectivity index (χ0n) is 12.1. The summed E-state index contributed by atoms with van der Waals surface area (Å²) in [5.41, 5.74) is 0. The maximum atomic E-state index is 9.73. The van der Waals surface area contributed by atoms with Gasteiger partial charge in [0.15, 0.2) is 11.5 Å². The van der Waals surface area contributed by atoms with Crippen LogP contribution >= 0.6 is 0 Å². The van der Waals surface area contributed by atoms with Crippen LogP contribution in [0.3, 0.4) is 0 Å². The highest BCUT2D eigenvalue weighted by Gasteiger charge is 2.15. The van der Waals surface area contributed by atoms with E-state index in [1.165, 1.54) is 0 Å². The van der Waals surface area contributed by atoms with Crippen molar-refractivity contribution in [1.82, 2.24) is 0 Å². The molecular weight excluding hydrogens is 248 g/mol. The standard InChI is InChI=1S/C14H22O5/c1-9(2)11(15)8-19-10-6-12(16-3)14(18-5)13(7-10)17-4/h6-7,9,11,15H,8H2,1-5H3. The fourth-order valence-electron chi connectivity index (χ4n) is 1.51. The van der Waals surface area contributed by atoms with Crippen LogP contribution in [0.15, 0.2) is 12.1 Å². The number of benzene rings is 1. The van der Waals surface area contributed by atoms with Crippen LogP contribution in [0.5, 0.6) is 23.0 Å². The molecule has 1 atom stereocenters. The van der Waals surface area contributed by atoms with Crippen molar-refractivity contribution in [3.8, 4) is 23.0 Å². The molecule has 0 aliphatic carbocycles. The van der Waals surface area contributed by atoms with Gasteiger partial charge in [0.1, 0.15) is 12.4 Å². The molecule has 5 nitrogen and oxygen atoms in total. The highest BCUT2D eigenvalue weighted by molar-refractivity contribution is 5.55. The van der Waals surface area contributed by atoms with Gasteiger partial charge in [0.25, 0.3) is 0 Å². The minimum atomic E-state index is -0.515. The summed E-state index contributed by atoms with van der Waals surface area (Å²) in [6.07, 6.45) is -0.515. The number of aliphatic hydroxyl groups excluding tert-OH is 1. The normalized spacial score (nSPS) is 12.2. The molecule has 0 amide bonds. The van der Waals surface area contributed by atoms with Gasteiger partial charge in [-0.3, -0.25) is 0 Å². The molecule has 5 heteroatoms. The largest absolute Gasteiger partial charge is 0.493 e. The van der Waals surface area contributed by atoms with Crippen LogP contribution in [-0.4, -0.2) is 39.1 Å². The number of rotatable bonds is 7. The molecule has 0 bridgehead atoms. The number of aliphatic hydroxyl groups is 1. The average molecular weight is 270 g/mol. The lowest BCUT2D eigenvalue weighted by Crippen LogP contribution is -2.23. The molecule has 19 heavy (non-hydrogen) atoms. The van der Waals surface area contributed by atoms with Crippen molar-refractivity contribution in [2.24, 2.45) is 5.92 Å². The van der Waals surface area contributed by atoms with E-state index in [1.807, 2.05) is 13.8 Å². The Bertz CT molecular complexity index is 378. The summed E-state index contributed by atoms with van der Waals surface area (Å²) < 4.78 is 21.2. The summed E-state index contributed by atoms with van der Waals surface area (Å²) >= 11 is 0. The van der Waals surface area contributed by atoms with Gasteiger partial charge in [-0.15, -0.1) is 0 Å². The summed E-state index contributed by atoms with van der Waals surface area (Å²) in [6.45, 7) is 4.09. The van der Waals surface area contributed by atoms with Crippen LogP contribution in [0.1, 0.15) is 13.8 Å². The van der Waals surface area contributed by atoms with Crippen LogP contribution in [0.4, 0.5) is 0 Å². The van der Waals surface area contributed by atoms with Gasteiger partial charge in [-0.25, -0.2) is 0 Å². The first-order valence-corrected chi connectivity index (χ1v) is 6.14. The van der Waals surface area contributed by atoms with Crippen LogP contribution < -0.4 is 18.9 Å². The molecule has 1 N–H and O–H groups in total. The summed E-state index contributed by atoms with van der Waals surface area (Å²) in [5, 5.41) is 9.73. The lowest BCUT2D eigenvalue weighted by Gasteiger charge is -2.17. The molecule has 1 aromatic rings. The Balaban J connectivity index is 2.90. The minimum absolute atomic E-state index is 0.141. The molecule has 1 unspecified atom stereocenters. The second-order valence-electron chi connectivity index (χ2n) is 4.48. The molecule has 0 saturated heterocycles. The van der Waals surface area contributed by atoms with Crippen LogP contribution in [0.2, 0.25) is 0 Å². The van der Waals surface area contributed by atoms with Gasteiger partial charge < -0.3 is 24.1 Å². The fraction of sp³-hybridized carbons (Fsp3) is 0.571. The Morgan fingerprint density at radius 1 is 1.00 bits per heavy atom. The third kappa shape index (κ3) is 3.92. The maximum Gasteiger partial charge on any atom is 0.203 e. The molecule has 0 aliphatic heterocycles. The van der Waals surface area contributed by atoms with E-state index >= 15 is 0 Å². The van der Waals surface area contributed by atoms with E-state index in [0.29, 0.717) is 23.0 Å². The number of ether oxygens (including phenoxy) is 4. The van der Waals surface area contributed by atoms with Gasteiger partial charge in [-0.2, -0.15) is 0 Å². The van der Waals surface area contributed by atoms with Crippen molar-refractivity contribution >= 4 is 0 Å². The van der Waals surface area contributed by atoms with Crippen molar-refractivity contribution < 1.29 is 24.1 Å². The summed E-state index contributed by atoms with van der Waals surface area (Å²) in [6, 6.07) is 3.41. The molecule has 0 heterocycles. The highest BCUT2D eigenvalue weighted by Crippen LogP contribution is 2.40. The van der Waals surface area contributed by atoms with E-state index in [1.54, 1.807) is 33.5 Å². The minimum Gasteiger partial charge on any atom is -0.493 e. The Morgan fingerprint density at radius 3 is 1.89 bits per heavy atom. The monoisotopic (exact) mass is 270 g/mol. The topological polar surface area (TPSA) is 57.2 Å². The summed E-state index contributed by atoms with van der Waals surface area (Å²) in [5.74, 6) is 2.27. The average Bonchev–Trinajstić information content (AvgIpc) is 2.42. The van der Waals surface area contributed by atoms with Gasteiger partial charge in [-0.1, -0.05) is 13.8 Å². The Morgan fingerprint density at radius 2 is 1.53 bits per heavy atom. The van der Waals surface area contributed by atoms with E-state index in [4.69, 9.17) is 18.9 Å². The van der Waals surface area contributed by atoms with Crippen molar-refractivity contribution in [1.29, 1.82) is 0 Å². The Hall–Kier alpha value is -1.62. The number of hydrogen-bond acceptors (Lipinski definition) is 5. The summed E-state index contributed by atoms with van der Waals surface area (Å²) in [7, 11) is 4.64. The van der Waals surface area contributed by atoms with Crippen LogP contribution in [-0.2, 0) is 0 Å². The predicted molar refractivity (Wildman–Crippen MR) is 72.4 cm³/mol. The first kappa shape index (κ1) is 15.4. The van der Waals surface area contributed by atoms with E-state index < -0.39 is 6.10 Å². The van der Waals surface area contributed by atoms with Crippen molar-refractivity contribution in [3.63, 3.8) is 0 Å². The highest BCUT2D eigenvalue weighted by atomic mass is 16.5. The summed E-state index contributed by atoms with van der Waals surface area (Å²) in [4.78, 5) is 0. The predicted octanol–water partition coefficient (Wildman–Crippen LogP) is 2.11. The van der Waals surface area contributed by atoms with Crippen molar-refractivity contribution in [2.45, 2.75) is 20.0 Å². The van der Waals surface area contributed by atoms with Gasteiger partial charge in [0, 0.05) is 12.1 Å². The van der Waals surface area contributed by atoms with Gasteiger partial charge in [0.05, 0.1) is 27.4 Å². The zero-order valence-corrected chi connectivity index (χ0v) is 12.1. The van der Waals surface area contributed by atoms with Gasteiger partial charge in [-0.05, 0) is 5.92 Å². The Labute approximate surface area is 114 Å². The van der Waals surface area contributed by atoms with Crippen LogP contribution in [0, 0.1) is 5.92 Å². The van der Waals surface area contributed by atoms with Crippen molar-refractivity contribution in [3.05, 3.63) is 12.1 Å². The number of methoxy groups -OCH3 is 3. The van der Waals surface area contributed by atoms with E-state index in [9.17, 15) is 5.11 Å². The van der Waals surface area contributed by atoms with Crippen LogP contribution in [0.25, 0.3) is 0 Å². The fourth-order valence-corrected chi connectivity index (χ4v) is 1.51. The molecule has 0 fully saturated rings. The first-order chi connectivity index (χ1) is 9.03. The molecule has 1 aromatic carbocycles. The number of hydrogen-bond donors (Lipinski definition) is 1. The van der Waals surface area contributed by atoms with E-state index in [0.717, 1.165) is 0 Å². The van der Waals surface area contributed by atoms with Gasteiger partial charge >= 0.3 is 0 Å². The molecule has 108 valence electrons.